The molecule has 7 nitrogen and oxygen atoms in total. The Kier molecular flexibility index (Phi) is 10.4. The monoisotopic (exact) mass is 348 g/mol. The maximum Gasteiger partial charge on any atom is 0.306 e. The minimum absolute atomic E-state index is 0.257. The van der Waals surface area contributed by atoms with Crippen LogP contribution in [0, 0.1) is 0 Å². The number of unbranched alkanes of at least 4 members (excludes halogenated alkanes) is 6. The average molecular weight is 348 g/mol. The first-order valence-electron chi connectivity index (χ1n) is 8.89. The number of aliphatic hydroxyl groups excluding tert-OH is 3. The fraction of sp³-hybridized carbons (Fsp3) is 0.941. The summed E-state index contributed by atoms with van der Waals surface area (Å²) in [5.41, 5.74) is 0. The van der Waals surface area contributed by atoms with E-state index in [4.69, 9.17) is 19.3 Å². The fourth-order valence-electron chi connectivity index (χ4n) is 2.81. The Bertz CT molecular complexity index is 348. The Morgan fingerprint density at radius 1 is 1.04 bits per heavy atom. The molecule has 0 unspecified atom stereocenters. The molecule has 0 amide bonds. The summed E-state index contributed by atoms with van der Waals surface area (Å²) >= 11 is 0. The smallest absolute Gasteiger partial charge is 0.306 e. The highest BCUT2D eigenvalue weighted by atomic mass is 16.7. The summed E-state index contributed by atoms with van der Waals surface area (Å²) in [5, 5.41) is 29.1. The van der Waals surface area contributed by atoms with Crippen molar-refractivity contribution in [2.75, 3.05) is 13.7 Å². The molecule has 1 aliphatic heterocycles. The molecule has 3 N–H and O–H groups in total. The molecular formula is C17H32O7. The van der Waals surface area contributed by atoms with E-state index in [2.05, 4.69) is 6.92 Å². The number of rotatable bonds is 11. The standard InChI is InChI=1S/C17H32O7/c1-3-4-5-6-7-8-9-10-13(19)24-16-15(21)14(20)12(11-18)23-17(16)22-2/h12,14-18,20-21H,3-11H2,1-2H3/t12-,14-,15+,16-,17+/m1/s1. The van der Waals surface area contributed by atoms with Crippen molar-refractivity contribution in [3.05, 3.63) is 0 Å². The maximum atomic E-state index is 11.9. The number of ether oxygens (including phenoxy) is 3. The third-order valence-corrected chi connectivity index (χ3v) is 4.31. The van der Waals surface area contributed by atoms with Crippen LogP contribution >= 0.6 is 0 Å². The summed E-state index contributed by atoms with van der Waals surface area (Å²) in [5.74, 6) is -0.451. The number of methoxy groups -OCH3 is 1. The lowest BCUT2D eigenvalue weighted by molar-refractivity contribution is -0.298. The Hall–Kier alpha value is -0.730. The molecule has 1 saturated heterocycles. The van der Waals surface area contributed by atoms with Crippen molar-refractivity contribution in [2.24, 2.45) is 0 Å². The number of carbonyl (C=O) groups is 1. The van der Waals surface area contributed by atoms with Crippen LogP contribution in [0.25, 0.3) is 0 Å². The first kappa shape index (κ1) is 21.3. The van der Waals surface area contributed by atoms with Gasteiger partial charge in [0.1, 0.15) is 18.3 Å². The molecule has 1 aliphatic rings. The molecule has 7 heteroatoms. The molecule has 1 rings (SSSR count). The number of carbonyl (C=O) groups excluding carboxylic acids is 1. The van der Waals surface area contributed by atoms with Crippen molar-refractivity contribution in [3.8, 4) is 0 Å². The van der Waals surface area contributed by atoms with Gasteiger partial charge in [0, 0.05) is 13.5 Å². The van der Waals surface area contributed by atoms with Crippen molar-refractivity contribution >= 4 is 5.97 Å². The van der Waals surface area contributed by atoms with E-state index >= 15 is 0 Å². The molecule has 0 aromatic carbocycles. The van der Waals surface area contributed by atoms with Gasteiger partial charge in [0.15, 0.2) is 12.4 Å². The van der Waals surface area contributed by atoms with Gasteiger partial charge < -0.3 is 29.5 Å². The van der Waals surface area contributed by atoms with Crippen molar-refractivity contribution in [2.45, 2.75) is 89.0 Å². The third kappa shape index (κ3) is 6.64. The molecule has 0 saturated carbocycles. The molecule has 0 radical (unpaired) electrons. The molecule has 1 fully saturated rings. The van der Waals surface area contributed by atoms with Crippen LogP contribution in [0.15, 0.2) is 0 Å². The number of hydrogen-bond donors (Lipinski definition) is 3. The molecular weight excluding hydrogens is 316 g/mol. The summed E-state index contributed by atoms with van der Waals surface area (Å²) in [6, 6.07) is 0. The van der Waals surface area contributed by atoms with Crippen molar-refractivity contribution in [1.29, 1.82) is 0 Å². The van der Waals surface area contributed by atoms with E-state index in [1.807, 2.05) is 0 Å². The summed E-state index contributed by atoms with van der Waals surface area (Å²) in [6.07, 6.45) is 2.12. The van der Waals surface area contributed by atoms with Gasteiger partial charge in [0.05, 0.1) is 6.61 Å². The summed E-state index contributed by atoms with van der Waals surface area (Å²) < 4.78 is 15.6. The summed E-state index contributed by atoms with van der Waals surface area (Å²) in [4.78, 5) is 11.9. The van der Waals surface area contributed by atoms with E-state index in [0.717, 1.165) is 19.3 Å². The fourth-order valence-corrected chi connectivity index (χ4v) is 2.81. The zero-order valence-electron chi connectivity index (χ0n) is 14.7. The molecule has 5 atom stereocenters. The molecule has 142 valence electrons. The lowest BCUT2D eigenvalue weighted by Gasteiger charge is -2.40. The van der Waals surface area contributed by atoms with Crippen LogP contribution in [-0.4, -0.2) is 65.7 Å². The van der Waals surface area contributed by atoms with Gasteiger partial charge >= 0.3 is 5.97 Å². The zero-order valence-corrected chi connectivity index (χ0v) is 14.7. The van der Waals surface area contributed by atoms with Crippen molar-refractivity contribution in [1.82, 2.24) is 0 Å². The van der Waals surface area contributed by atoms with Crippen LogP contribution in [0.5, 0.6) is 0 Å². The highest BCUT2D eigenvalue weighted by molar-refractivity contribution is 5.69. The van der Waals surface area contributed by atoms with E-state index in [9.17, 15) is 15.0 Å². The number of hydrogen-bond acceptors (Lipinski definition) is 7. The lowest BCUT2D eigenvalue weighted by atomic mass is 9.99. The summed E-state index contributed by atoms with van der Waals surface area (Å²) in [7, 11) is 1.35. The molecule has 1 heterocycles. The van der Waals surface area contributed by atoms with Crippen LogP contribution < -0.4 is 0 Å². The lowest BCUT2D eigenvalue weighted by Crippen LogP contribution is -2.60. The minimum Gasteiger partial charge on any atom is -0.454 e. The number of esters is 1. The third-order valence-electron chi connectivity index (χ3n) is 4.31. The van der Waals surface area contributed by atoms with Gasteiger partial charge in [-0.2, -0.15) is 0 Å². The normalized spacial score (nSPS) is 30.3. The van der Waals surface area contributed by atoms with Crippen LogP contribution in [0.4, 0.5) is 0 Å². The molecule has 0 spiro atoms. The van der Waals surface area contributed by atoms with Gasteiger partial charge in [0.25, 0.3) is 0 Å². The SMILES string of the molecule is CCCCCCCCCC(=O)O[C@H]1[C@@H](OC)O[C@H](CO)[C@@H](O)[C@@H]1O. The molecule has 0 aliphatic carbocycles. The van der Waals surface area contributed by atoms with E-state index in [1.54, 1.807) is 0 Å². The van der Waals surface area contributed by atoms with Gasteiger partial charge in [-0.3, -0.25) is 4.79 Å². The molecule has 24 heavy (non-hydrogen) atoms. The van der Waals surface area contributed by atoms with Gasteiger partial charge in [-0.1, -0.05) is 45.4 Å². The summed E-state index contributed by atoms with van der Waals surface area (Å²) in [6.45, 7) is 1.71. The van der Waals surface area contributed by atoms with Crippen LogP contribution in [0.1, 0.15) is 58.3 Å². The van der Waals surface area contributed by atoms with Crippen molar-refractivity contribution in [3.63, 3.8) is 0 Å². The maximum absolute atomic E-state index is 11.9. The van der Waals surface area contributed by atoms with E-state index < -0.39 is 43.3 Å². The first-order valence-corrected chi connectivity index (χ1v) is 8.89. The Morgan fingerprint density at radius 2 is 1.67 bits per heavy atom. The van der Waals surface area contributed by atoms with Crippen LogP contribution in [0.3, 0.4) is 0 Å². The first-order chi connectivity index (χ1) is 11.5. The topological polar surface area (TPSA) is 105 Å². The minimum atomic E-state index is -1.36. The molecule has 0 aromatic heterocycles. The predicted molar refractivity (Wildman–Crippen MR) is 87.3 cm³/mol. The average Bonchev–Trinajstić information content (AvgIpc) is 2.58. The Morgan fingerprint density at radius 3 is 2.25 bits per heavy atom. The Labute approximate surface area is 143 Å². The predicted octanol–water partition coefficient (Wildman–Crippen LogP) is 1.12. The van der Waals surface area contributed by atoms with Gasteiger partial charge in [-0.25, -0.2) is 0 Å². The quantitative estimate of drug-likeness (QED) is 0.379. The second-order valence-corrected chi connectivity index (χ2v) is 6.27. The highest BCUT2D eigenvalue weighted by Crippen LogP contribution is 2.24. The zero-order chi connectivity index (χ0) is 17.9. The number of aliphatic hydroxyl groups is 3. The second-order valence-electron chi connectivity index (χ2n) is 6.27. The van der Waals surface area contributed by atoms with Gasteiger partial charge in [0.2, 0.25) is 0 Å². The van der Waals surface area contributed by atoms with E-state index in [1.165, 1.54) is 32.8 Å². The van der Waals surface area contributed by atoms with Gasteiger partial charge in [-0.05, 0) is 6.42 Å². The van der Waals surface area contributed by atoms with Crippen LogP contribution in [-0.2, 0) is 19.0 Å². The van der Waals surface area contributed by atoms with E-state index in [-0.39, 0.29) is 6.42 Å². The highest BCUT2D eigenvalue weighted by Gasteiger charge is 2.46. The van der Waals surface area contributed by atoms with Crippen LogP contribution in [0.2, 0.25) is 0 Å². The largest absolute Gasteiger partial charge is 0.454 e. The van der Waals surface area contributed by atoms with Crippen molar-refractivity contribution < 1.29 is 34.3 Å². The second kappa shape index (κ2) is 11.8. The Balaban J connectivity index is 2.33. The molecule has 0 aromatic rings. The van der Waals surface area contributed by atoms with E-state index in [0.29, 0.717) is 0 Å². The van der Waals surface area contributed by atoms with Gasteiger partial charge in [-0.15, -0.1) is 0 Å². The molecule has 0 bridgehead atoms.